The van der Waals surface area contributed by atoms with E-state index in [2.05, 4.69) is 0 Å². The van der Waals surface area contributed by atoms with Crippen LogP contribution in [0.1, 0.15) is 23.2 Å². The van der Waals surface area contributed by atoms with Crippen LogP contribution in [0.2, 0.25) is 0 Å². The largest absolute Gasteiger partial charge is 0.458 e. The lowest BCUT2D eigenvalue weighted by atomic mass is 9.80. The fraction of sp³-hybridized carbons (Fsp3) is 0.562. The molecule has 4 rings (SSSR count). The zero-order valence-electron chi connectivity index (χ0n) is 12.0. The average molecular weight is 319 g/mol. The maximum absolute atomic E-state index is 12.3. The number of fused-ring (bicyclic) bond motifs is 5. The van der Waals surface area contributed by atoms with E-state index in [1.54, 1.807) is 0 Å². The minimum atomic E-state index is -0.469. The van der Waals surface area contributed by atoms with Crippen LogP contribution >= 0.6 is 11.8 Å². The first-order valence-electron chi connectivity index (χ1n) is 7.66. The molecule has 1 aliphatic heterocycles. The molecule has 1 saturated heterocycles. The van der Waals surface area contributed by atoms with Gasteiger partial charge in [-0.05, 0) is 54.2 Å². The molecule has 0 N–H and O–H groups in total. The number of thioether (sulfide) groups is 1. The molecule has 1 aromatic rings. The van der Waals surface area contributed by atoms with E-state index in [1.165, 1.54) is 42.2 Å². The Hall–Kier alpha value is -1.56. The Morgan fingerprint density at radius 3 is 2.59 bits per heavy atom. The first kappa shape index (κ1) is 14.1. The second-order valence-corrected chi connectivity index (χ2v) is 7.58. The Balaban J connectivity index is 1.43. The Kier molecular flexibility index (Phi) is 3.36. The van der Waals surface area contributed by atoms with Gasteiger partial charge in [-0.15, -0.1) is 0 Å². The molecule has 0 aromatic heterocycles. The summed E-state index contributed by atoms with van der Waals surface area (Å²) in [4.78, 5) is 22.4. The number of hydrogen-bond acceptors (Lipinski definition) is 5. The Bertz CT molecular complexity index is 617. The van der Waals surface area contributed by atoms with Crippen LogP contribution in [0.4, 0.5) is 5.69 Å². The van der Waals surface area contributed by atoms with Crippen molar-refractivity contribution in [2.75, 3.05) is 11.5 Å². The van der Waals surface area contributed by atoms with Gasteiger partial charge in [0.05, 0.1) is 10.5 Å². The van der Waals surface area contributed by atoms with Crippen LogP contribution < -0.4 is 0 Å². The third-order valence-electron chi connectivity index (χ3n) is 5.49. The van der Waals surface area contributed by atoms with Gasteiger partial charge in [0.25, 0.3) is 5.69 Å². The van der Waals surface area contributed by atoms with Crippen LogP contribution in [0.15, 0.2) is 24.3 Å². The molecule has 5 unspecified atom stereocenters. The maximum atomic E-state index is 12.3. The van der Waals surface area contributed by atoms with E-state index < -0.39 is 4.92 Å². The number of nitrogens with zero attached hydrogens (tertiary/aromatic N) is 1. The molecule has 2 saturated carbocycles. The lowest BCUT2D eigenvalue weighted by Crippen LogP contribution is -2.33. The summed E-state index contributed by atoms with van der Waals surface area (Å²) in [5, 5.41) is 10.6. The summed E-state index contributed by atoms with van der Waals surface area (Å²) in [5.74, 6) is 4.93. The van der Waals surface area contributed by atoms with Crippen molar-refractivity contribution >= 4 is 23.4 Å². The molecule has 1 heterocycles. The molecule has 3 aliphatic rings. The van der Waals surface area contributed by atoms with Crippen molar-refractivity contribution in [1.29, 1.82) is 0 Å². The Morgan fingerprint density at radius 2 is 1.86 bits per heavy atom. The number of nitro benzene ring substituents is 1. The molecule has 2 aliphatic carbocycles. The summed E-state index contributed by atoms with van der Waals surface area (Å²) < 4.78 is 5.72. The predicted molar refractivity (Wildman–Crippen MR) is 82.8 cm³/mol. The normalized spacial score (nSPS) is 35.4. The standard InChI is InChI=1S/C16H17NO4S/c18-16(9-1-3-11(4-2-9)17(19)20)21-15-6-10-5-12(15)14-8-22-7-13(10)14/h1-4,10,12-15H,5-8H2. The molecule has 0 amide bonds. The summed E-state index contributed by atoms with van der Waals surface area (Å²) in [5.41, 5.74) is 0.382. The smallest absolute Gasteiger partial charge is 0.338 e. The van der Waals surface area contributed by atoms with Gasteiger partial charge >= 0.3 is 5.97 Å². The molecule has 2 bridgehead atoms. The summed E-state index contributed by atoms with van der Waals surface area (Å²) in [6.07, 6.45) is 2.23. The van der Waals surface area contributed by atoms with Gasteiger partial charge < -0.3 is 4.74 Å². The van der Waals surface area contributed by atoms with E-state index in [0.29, 0.717) is 11.5 Å². The molecular weight excluding hydrogens is 302 g/mol. The number of carbonyl (C=O) groups is 1. The van der Waals surface area contributed by atoms with Crippen LogP contribution in [-0.2, 0) is 4.74 Å². The summed E-state index contributed by atoms with van der Waals surface area (Å²) in [6, 6.07) is 5.64. The summed E-state index contributed by atoms with van der Waals surface area (Å²) in [6.45, 7) is 0. The number of esters is 1. The third kappa shape index (κ3) is 2.20. The summed E-state index contributed by atoms with van der Waals surface area (Å²) >= 11 is 2.03. The highest BCUT2D eigenvalue weighted by atomic mass is 32.2. The highest BCUT2D eigenvalue weighted by Gasteiger charge is 2.55. The van der Waals surface area contributed by atoms with Gasteiger partial charge in [0.2, 0.25) is 0 Å². The predicted octanol–water partition coefficient (Wildman–Crippen LogP) is 3.14. The number of carbonyl (C=O) groups excluding carboxylic acids is 1. The molecule has 3 fully saturated rings. The van der Waals surface area contributed by atoms with Crippen LogP contribution in [-0.4, -0.2) is 28.5 Å². The number of rotatable bonds is 3. The SMILES string of the molecule is O=C(OC1CC2CC1C1CSCC21)c1ccc([N+](=O)[O-])cc1. The van der Waals surface area contributed by atoms with E-state index in [1.807, 2.05) is 11.8 Å². The van der Waals surface area contributed by atoms with Gasteiger partial charge in [-0.2, -0.15) is 11.8 Å². The lowest BCUT2D eigenvalue weighted by Gasteiger charge is -2.30. The Labute approximate surface area is 132 Å². The Morgan fingerprint density at radius 1 is 1.14 bits per heavy atom. The fourth-order valence-electron chi connectivity index (χ4n) is 4.45. The van der Waals surface area contributed by atoms with E-state index in [4.69, 9.17) is 4.74 Å². The highest BCUT2D eigenvalue weighted by Crippen LogP contribution is 2.58. The zero-order valence-corrected chi connectivity index (χ0v) is 12.8. The van der Waals surface area contributed by atoms with Gasteiger partial charge in [0, 0.05) is 18.1 Å². The third-order valence-corrected chi connectivity index (χ3v) is 6.73. The van der Waals surface area contributed by atoms with Crippen molar-refractivity contribution < 1.29 is 14.5 Å². The number of ether oxygens (including phenoxy) is 1. The molecular formula is C16H17NO4S. The molecule has 22 heavy (non-hydrogen) atoms. The first-order chi connectivity index (χ1) is 10.6. The highest BCUT2D eigenvalue weighted by molar-refractivity contribution is 7.99. The van der Waals surface area contributed by atoms with E-state index >= 15 is 0 Å². The van der Waals surface area contributed by atoms with Crippen molar-refractivity contribution in [2.45, 2.75) is 18.9 Å². The average Bonchev–Trinajstić information content (AvgIpc) is 3.19. The van der Waals surface area contributed by atoms with Gasteiger partial charge in [-0.1, -0.05) is 0 Å². The van der Waals surface area contributed by atoms with Gasteiger partial charge in [0.15, 0.2) is 0 Å². The quantitative estimate of drug-likeness (QED) is 0.486. The topological polar surface area (TPSA) is 69.4 Å². The second-order valence-electron chi connectivity index (χ2n) is 6.51. The number of hydrogen-bond donors (Lipinski definition) is 0. The molecule has 116 valence electrons. The van der Waals surface area contributed by atoms with Crippen LogP contribution in [0, 0.1) is 33.8 Å². The molecule has 1 aromatic carbocycles. The lowest BCUT2D eigenvalue weighted by molar-refractivity contribution is -0.384. The van der Waals surface area contributed by atoms with Crippen LogP contribution in [0.5, 0.6) is 0 Å². The molecule has 5 atom stereocenters. The van der Waals surface area contributed by atoms with E-state index in [0.717, 1.165) is 24.2 Å². The van der Waals surface area contributed by atoms with Crippen LogP contribution in [0.3, 0.4) is 0 Å². The van der Waals surface area contributed by atoms with Crippen molar-refractivity contribution in [3.63, 3.8) is 0 Å². The zero-order chi connectivity index (χ0) is 15.3. The number of non-ortho nitro benzene ring substituents is 1. The number of benzene rings is 1. The second kappa shape index (κ2) is 5.26. The van der Waals surface area contributed by atoms with E-state index in [-0.39, 0.29) is 17.8 Å². The van der Waals surface area contributed by atoms with Crippen molar-refractivity contribution in [2.24, 2.45) is 23.7 Å². The van der Waals surface area contributed by atoms with Gasteiger partial charge in [-0.3, -0.25) is 10.1 Å². The first-order valence-corrected chi connectivity index (χ1v) is 8.82. The van der Waals surface area contributed by atoms with Gasteiger partial charge in [0.1, 0.15) is 6.10 Å². The van der Waals surface area contributed by atoms with Crippen molar-refractivity contribution in [1.82, 2.24) is 0 Å². The monoisotopic (exact) mass is 319 g/mol. The molecule has 6 heteroatoms. The maximum Gasteiger partial charge on any atom is 0.338 e. The van der Waals surface area contributed by atoms with Crippen LogP contribution in [0.25, 0.3) is 0 Å². The molecule has 5 nitrogen and oxygen atoms in total. The molecule has 0 radical (unpaired) electrons. The summed E-state index contributed by atoms with van der Waals surface area (Å²) in [7, 11) is 0. The fourth-order valence-corrected chi connectivity index (χ4v) is 6.14. The minimum absolute atomic E-state index is 0.0118. The van der Waals surface area contributed by atoms with Gasteiger partial charge in [-0.25, -0.2) is 4.79 Å². The van der Waals surface area contributed by atoms with Crippen molar-refractivity contribution in [3.8, 4) is 0 Å². The minimum Gasteiger partial charge on any atom is -0.458 e. The number of nitro groups is 1. The van der Waals surface area contributed by atoms with Crippen molar-refractivity contribution in [3.05, 3.63) is 39.9 Å². The molecule has 0 spiro atoms. The van der Waals surface area contributed by atoms with E-state index in [9.17, 15) is 14.9 Å².